The average molecular weight is 835 g/mol. The Morgan fingerprint density at radius 3 is 1.81 bits per heavy atom. The van der Waals surface area contributed by atoms with Gasteiger partial charge in [-0.1, -0.05) is 150 Å². The van der Waals surface area contributed by atoms with Crippen molar-refractivity contribution >= 4 is 19.8 Å². The number of hydrogen-bond donors (Lipinski definition) is 4. The van der Waals surface area contributed by atoms with Crippen LogP contribution in [0.25, 0.3) is 0 Å². The molecule has 58 heavy (non-hydrogen) atoms. The number of allylic oxidation sites excluding steroid dienone is 15. The predicted octanol–water partition coefficient (Wildman–Crippen LogP) is 10.2. The van der Waals surface area contributed by atoms with Gasteiger partial charge in [0, 0.05) is 12.8 Å². The molecule has 0 aromatic rings. The SMILES string of the molecule is CC/C=C/C/C=C/C=C/C(O)CCCCCCCC(=O)OC[C@H](COP(=O)(O)OC[C@@H](O)CO)OC(=O)CC/C=C\C/C=C\C/C=C\C/C=C\C/C=C\CCCCC. The van der Waals surface area contributed by atoms with Gasteiger partial charge in [0.25, 0.3) is 0 Å². The van der Waals surface area contributed by atoms with Gasteiger partial charge in [-0.15, -0.1) is 0 Å². The molecule has 0 amide bonds. The van der Waals surface area contributed by atoms with Gasteiger partial charge in [-0.05, 0) is 70.6 Å². The van der Waals surface area contributed by atoms with Crippen molar-refractivity contribution in [3.05, 3.63) is 97.2 Å². The summed E-state index contributed by atoms with van der Waals surface area (Å²) in [5, 5.41) is 28.4. The van der Waals surface area contributed by atoms with Crippen LogP contribution in [0.5, 0.6) is 0 Å². The molecule has 11 nitrogen and oxygen atoms in total. The number of phosphoric acid groups is 1. The standard InChI is InChI=1S/C46H75O11P/c1-3-5-7-9-11-12-13-14-15-16-17-18-19-20-21-22-24-28-33-37-46(51)57-44(41-56-58(52,53)55-39-43(49)38-47)40-54-45(50)36-32-29-25-27-31-35-42(48)34-30-26-23-10-8-6-4-2/h6,8,11-12,14-15,17-18,20-21,23-24,26,28,30,34,42-44,47-49H,3-5,7,9-10,13,16,19,22,25,27,29,31-33,35-41H2,1-2H3,(H,52,53)/b8-6+,12-11-,15-14-,18-17-,21-20-,26-23+,28-24-,34-30+/t42?,43-,44+/m0/s1. The molecule has 0 saturated carbocycles. The van der Waals surface area contributed by atoms with Crippen molar-refractivity contribution in [3.63, 3.8) is 0 Å². The molecule has 0 heterocycles. The molecule has 0 aromatic heterocycles. The lowest BCUT2D eigenvalue weighted by Gasteiger charge is -2.20. The average Bonchev–Trinajstić information content (AvgIpc) is 3.21. The number of rotatable bonds is 38. The van der Waals surface area contributed by atoms with Gasteiger partial charge in [0.2, 0.25) is 0 Å². The molecule has 0 radical (unpaired) electrons. The van der Waals surface area contributed by atoms with Crippen LogP contribution in [0.3, 0.4) is 0 Å². The molecule has 0 aliphatic rings. The zero-order valence-corrected chi connectivity index (χ0v) is 36.2. The molecule has 0 aromatic carbocycles. The van der Waals surface area contributed by atoms with Crippen LogP contribution >= 0.6 is 7.82 Å². The number of ether oxygens (including phenoxy) is 2. The summed E-state index contributed by atoms with van der Waals surface area (Å²) in [6.07, 6.45) is 45.5. The summed E-state index contributed by atoms with van der Waals surface area (Å²) in [6, 6.07) is 0. The summed E-state index contributed by atoms with van der Waals surface area (Å²) >= 11 is 0. The summed E-state index contributed by atoms with van der Waals surface area (Å²) in [7, 11) is -4.67. The van der Waals surface area contributed by atoms with Crippen LogP contribution < -0.4 is 0 Å². The highest BCUT2D eigenvalue weighted by atomic mass is 31.2. The Kier molecular flexibility index (Phi) is 38.4. The fourth-order valence-electron chi connectivity index (χ4n) is 5.04. The second kappa shape index (κ2) is 40.6. The first kappa shape index (κ1) is 54.9. The number of unbranched alkanes of at least 4 members (excludes halogenated alkanes) is 7. The maximum atomic E-state index is 12.6. The van der Waals surface area contributed by atoms with Gasteiger partial charge in [0.1, 0.15) is 12.7 Å². The monoisotopic (exact) mass is 835 g/mol. The van der Waals surface area contributed by atoms with E-state index in [1.165, 1.54) is 19.3 Å². The van der Waals surface area contributed by atoms with Crippen LogP contribution in [0.15, 0.2) is 97.2 Å². The minimum Gasteiger partial charge on any atom is -0.462 e. The van der Waals surface area contributed by atoms with E-state index in [2.05, 4.69) is 73.1 Å². The largest absolute Gasteiger partial charge is 0.472 e. The van der Waals surface area contributed by atoms with E-state index in [0.29, 0.717) is 25.7 Å². The molecule has 330 valence electrons. The van der Waals surface area contributed by atoms with Crippen molar-refractivity contribution in [3.8, 4) is 0 Å². The number of phosphoric ester groups is 1. The molecule has 0 aliphatic carbocycles. The maximum absolute atomic E-state index is 12.6. The minimum absolute atomic E-state index is 0.0346. The third-order valence-electron chi connectivity index (χ3n) is 8.34. The summed E-state index contributed by atoms with van der Waals surface area (Å²) in [4.78, 5) is 34.9. The number of esters is 2. The van der Waals surface area contributed by atoms with E-state index in [1.807, 2.05) is 36.5 Å². The van der Waals surface area contributed by atoms with Gasteiger partial charge in [-0.2, -0.15) is 0 Å². The second-order valence-corrected chi connectivity index (χ2v) is 15.3. The molecule has 12 heteroatoms. The third kappa shape index (κ3) is 39.7. The Morgan fingerprint density at radius 1 is 0.603 bits per heavy atom. The molecule has 0 rings (SSSR count). The highest BCUT2D eigenvalue weighted by Crippen LogP contribution is 2.43. The molecule has 0 aliphatic heterocycles. The first-order chi connectivity index (χ1) is 28.1. The van der Waals surface area contributed by atoms with Crippen molar-refractivity contribution in [2.75, 3.05) is 26.4 Å². The van der Waals surface area contributed by atoms with Gasteiger partial charge < -0.3 is 29.7 Å². The zero-order valence-electron chi connectivity index (χ0n) is 35.3. The summed E-state index contributed by atoms with van der Waals surface area (Å²) in [5.74, 6) is -1.11. The van der Waals surface area contributed by atoms with E-state index in [0.717, 1.165) is 64.2 Å². The lowest BCUT2D eigenvalue weighted by atomic mass is 10.1. The smallest absolute Gasteiger partial charge is 0.462 e. The van der Waals surface area contributed by atoms with Gasteiger partial charge in [-0.25, -0.2) is 4.57 Å². The molecule has 4 N–H and O–H groups in total. The Hall–Kier alpha value is -3.15. The van der Waals surface area contributed by atoms with E-state index in [9.17, 15) is 29.3 Å². The Balaban J connectivity index is 4.54. The maximum Gasteiger partial charge on any atom is 0.472 e. The van der Waals surface area contributed by atoms with Crippen LogP contribution in [0, 0.1) is 0 Å². The summed E-state index contributed by atoms with van der Waals surface area (Å²) < 4.78 is 32.5. The highest BCUT2D eigenvalue weighted by molar-refractivity contribution is 7.47. The zero-order chi connectivity index (χ0) is 42.8. The fraction of sp³-hybridized carbons (Fsp3) is 0.609. The number of aliphatic hydroxyl groups is 3. The fourth-order valence-corrected chi connectivity index (χ4v) is 5.83. The topological polar surface area (TPSA) is 169 Å². The molecular weight excluding hydrogens is 759 g/mol. The van der Waals surface area contributed by atoms with Crippen molar-refractivity contribution in [2.45, 2.75) is 154 Å². The molecule has 4 atom stereocenters. The van der Waals surface area contributed by atoms with Gasteiger partial charge in [0.05, 0.1) is 25.9 Å². The highest BCUT2D eigenvalue weighted by Gasteiger charge is 2.27. The van der Waals surface area contributed by atoms with E-state index in [4.69, 9.17) is 19.1 Å². The molecule has 0 spiro atoms. The molecule has 0 bridgehead atoms. The predicted molar refractivity (Wildman–Crippen MR) is 234 cm³/mol. The van der Waals surface area contributed by atoms with Crippen LogP contribution in [-0.4, -0.2) is 76.9 Å². The normalized spacial score (nSPS) is 15.3. The van der Waals surface area contributed by atoms with E-state index < -0.39 is 57.9 Å². The number of carbonyl (C=O) groups is 2. The first-order valence-corrected chi connectivity index (χ1v) is 22.8. The number of aliphatic hydroxyl groups excluding tert-OH is 3. The quantitative estimate of drug-likeness (QED) is 0.0154. The third-order valence-corrected chi connectivity index (χ3v) is 9.29. The second-order valence-electron chi connectivity index (χ2n) is 13.8. The van der Waals surface area contributed by atoms with Crippen LogP contribution in [0.2, 0.25) is 0 Å². The van der Waals surface area contributed by atoms with Gasteiger partial charge in [-0.3, -0.25) is 18.6 Å². The van der Waals surface area contributed by atoms with Gasteiger partial charge >= 0.3 is 19.8 Å². The first-order valence-electron chi connectivity index (χ1n) is 21.3. The lowest BCUT2D eigenvalue weighted by molar-refractivity contribution is -0.161. The van der Waals surface area contributed by atoms with Gasteiger partial charge in [0.15, 0.2) is 6.10 Å². The van der Waals surface area contributed by atoms with Crippen molar-refractivity contribution in [1.29, 1.82) is 0 Å². The lowest BCUT2D eigenvalue weighted by Crippen LogP contribution is -2.29. The van der Waals surface area contributed by atoms with Crippen molar-refractivity contribution in [1.82, 2.24) is 0 Å². The van der Waals surface area contributed by atoms with E-state index in [-0.39, 0.29) is 19.4 Å². The van der Waals surface area contributed by atoms with Crippen LogP contribution in [0.1, 0.15) is 136 Å². The van der Waals surface area contributed by atoms with Crippen molar-refractivity contribution in [2.24, 2.45) is 0 Å². The number of carbonyl (C=O) groups excluding carboxylic acids is 2. The Morgan fingerprint density at radius 2 is 1.17 bits per heavy atom. The van der Waals surface area contributed by atoms with Crippen LogP contribution in [-0.2, 0) is 32.7 Å². The Bertz CT molecular complexity index is 1300. The molecule has 2 unspecified atom stereocenters. The Labute approximate surface area is 349 Å². The summed E-state index contributed by atoms with van der Waals surface area (Å²) in [6.45, 7) is 2.00. The number of hydrogen-bond acceptors (Lipinski definition) is 10. The summed E-state index contributed by atoms with van der Waals surface area (Å²) in [5.41, 5.74) is 0. The molecule has 0 saturated heterocycles. The minimum atomic E-state index is -4.67. The molecular formula is C46H75O11P. The van der Waals surface area contributed by atoms with E-state index in [1.54, 1.807) is 6.08 Å². The van der Waals surface area contributed by atoms with Crippen LogP contribution in [0.4, 0.5) is 0 Å². The van der Waals surface area contributed by atoms with E-state index >= 15 is 0 Å². The molecule has 0 fully saturated rings. The van der Waals surface area contributed by atoms with Crippen molar-refractivity contribution < 1.29 is 52.9 Å².